The second-order valence-corrected chi connectivity index (χ2v) is 7.92. The minimum Gasteiger partial charge on any atom is -0.506 e. The molecule has 1 atom stereocenters. The molecule has 0 bridgehead atoms. The Labute approximate surface area is 202 Å². The normalized spacial score (nSPS) is 15.6. The molecular weight excluding hydrogens is 424 g/mol. The first-order chi connectivity index (χ1) is 16.2. The maximum absolute atomic E-state index is 9.62. The van der Waals surface area contributed by atoms with Gasteiger partial charge in [0.05, 0.1) is 11.4 Å². The lowest BCUT2D eigenvalue weighted by molar-refractivity contribution is 0.507. The van der Waals surface area contributed by atoms with Crippen LogP contribution in [0.15, 0.2) is 85.4 Å². The van der Waals surface area contributed by atoms with Gasteiger partial charge in [0.25, 0.3) is 5.78 Å². The van der Waals surface area contributed by atoms with E-state index in [0.29, 0.717) is 28.8 Å². The fourth-order valence-electron chi connectivity index (χ4n) is 3.43. The van der Waals surface area contributed by atoms with Crippen LogP contribution in [-0.4, -0.2) is 37.8 Å². The SMILES string of the molecule is C=C(NCC/C=C\C)c1cc(C(=C)O)n2ncnc2n1.C=C/C(=C\C)CNC1=C(C)C(=C)C1C. The van der Waals surface area contributed by atoms with Crippen LogP contribution in [0.5, 0.6) is 0 Å². The number of hydrogen-bond donors (Lipinski definition) is 3. The minimum absolute atomic E-state index is 0.0918. The number of aliphatic hydroxyl groups is 1. The quantitative estimate of drug-likeness (QED) is 0.191. The predicted molar refractivity (Wildman–Crippen MR) is 142 cm³/mol. The second kappa shape index (κ2) is 12.4. The molecule has 3 rings (SSSR count). The average molecular weight is 461 g/mol. The molecule has 2 aromatic rings. The Bertz CT molecular complexity index is 1160. The number of rotatable bonds is 10. The van der Waals surface area contributed by atoms with E-state index in [9.17, 15) is 5.11 Å². The van der Waals surface area contributed by atoms with Crippen LogP contribution in [0.3, 0.4) is 0 Å². The molecule has 3 N–H and O–H groups in total. The van der Waals surface area contributed by atoms with Gasteiger partial charge < -0.3 is 15.7 Å². The van der Waals surface area contributed by atoms with Gasteiger partial charge >= 0.3 is 0 Å². The highest BCUT2D eigenvalue weighted by Gasteiger charge is 2.26. The largest absolute Gasteiger partial charge is 0.506 e. The molecule has 1 aliphatic rings. The van der Waals surface area contributed by atoms with E-state index in [1.807, 2.05) is 26.0 Å². The van der Waals surface area contributed by atoms with Crippen LogP contribution in [0.4, 0.5) is 0 Å². The van der Waals surface area contributed by atoms with E-state index >= 15 is 0 Å². The van der Waals surface area contributed by atoms with Crippen LogP contribution < -0.4 is 10.6 Å². The minimum atomic E-state index is -0.0918. The molecule has 1 unspecified atom stereocenters. The van der Waals surface area contributed by atoms with Crippen molar-refractivity contribution in [3.63, 3.8) is 0 Å². The Morgan fingerprint density at radius 2 is 2.03 bits per heavy atom. The summed E-state index contributed by atoms with van der Waals surface area (Å²) >= 11 is 0. The van der Waals surface area contributed by atoms with Gasteiger partial charge in [0.2, 0.25) is 0 Å². The maximum atomic E-state index is 9.62. The number of nitrogens with zero attached hydrogens (tertiary/aromatic N) is 4. The maximum Gasteiger partial charge on any atom is 0.253 e. The van der Waals surface area contributed by atoms with Crippen molar-refractivity contribution >= 4 is 17.2 Å². The van der Waals surface area contributed by atoms with Crippen molar-refractivity contribution in [1.82, 2.24) is 30.2 Å². The third kappa shape index (κ3) is 6.34. The zero-order valence-electron chi connectivity index (χ0n) is 20.7. The van der Waals surface area contributed by atoms with Crippen LogP contribution in [0.25, 0.3) is 17.2 Å². The molecule has 7 nitrogen and oxygen atoms in total. The second-order valence-electron chi connectivity index (χ2n) is 7.92. The standard InChI is InChI=1S/C14H17N5O.C13H19N/c1-4-5-6-7-15-10(2)12-8-13(11(3)20)19-14(18-12)16-9-17-19;1-6-12(7-2)8-14-13-10(4)9(3)11(13)5/h4-5,8-9,15,20H,2-3,6-7H2,1H3;6-7,10,14H,1,3,8H2,2,4-5H3/b5-4-;12-7+. The van der Waals surface area contributed by atoms with E-state index in [4.69, 9.17) is 0 Å². The highest BCUT2D eigenvalue weighted by atomic mass is 16.3. The van der Waals surface area contributed by atoms with Crippen LogP contribution in [0.1, 0.15) is 45.5 Å². The molecule has 0 spiro atoms. The molecule has 2 heterocycles. The van der Waals surface area contributed by atoms with Crippen molar-refractivity contribution < 1.29 is 5.11 Å². The molecule has 0 aromatic carbocycles. The zero-order chi connectivity index (χ0) is 25.3. The van der Waals surface area contributed by atoms with Gasteiger partial charge in [-0.25, -0.2) is 4.98 Å². The highest BCUT2D eigenvalue weighted by Crippen LogP contribution is 2.36. The van der Waals surface area contributed by atoms with Gasteiger partial charge in [-0.2, -0.15) is 14.6 Å². The Morgan fingerprint density at radius 3 is 2.62 bits per heavy atom. The van der Waals surface area contributed by atoms with Gasteiger partial charge in [-0.1, -0.05) is 57.5 Å². The first kappa shape index (κ1) is 26.4. The lowest BCUT2D eigenvalue weighted by Crippen LogP contribution is -2.30. The summed E-state index contributed by atoms with van der Waals surface area (Å²) in [7, 11) is 0. The van der Waals surface area contributed by atoms with Gasteiger partial charge in [0.1, 0.15) is 17.8 Å². The summed E-state index contributed by atoms with van der Waals surface area (Å²) < 4.78 is 1.43. The van der Waals surface area contributed by atoms with E-state index < -0.39 is 0 Å². The van der Waals surface area contributed by atoms with Crippen molar-refractivity contribution in [3.8, 4) is 0 Å². The molecule has 180 valence electrons. The number of aliphatic hydroxyl groups excluding tert-OH is 1. The van der Waals surface area contributed by atoms with Gasteiger partial charge in [0, 0.05) is 24.7 Å². The van der Waals surface area contributed by atoms with Crippen molar-refractivity contribution in [2.75, 3.05) is 13.1 Å². The van der Waals surface area contributed by atoms with E-state index in [0.717, 1.165) is 19.5 Å². The van der Waals surface area contributed by atoms with E-state index in [1.165, 1.54) is 33.3 Å². The summed E-state index contributed by atoms with van der Waals surface area (Å²) in [6.45, 7) is 25.2. The van der Waals surface area contributed by atoms with Crippen LogP contribution in [0.2, 0.25) is 0 Å². The lowest BCUT2D eigenvalue weighted by atomic mass is 9.80. The average Bonchev–Trinajstić information content (AvgIpc) is 3.32. The Morgan fingerprint density at radius 1 is 1.29 bits per heavy atom. The van der Waals surface area contributed by atoms with Gasteiger partial charge in [-0.15, -0.1) is 0 Å². The van der Waals surface area contributed by atoms with Crippen molar-refractivity contribution in [1.29, 1.82) is 0 Å². The topological polar surface area (TPSA) is 87.4 Å². The van der Waals surface area contributed by atoms with Gasteiger partial charge in [-0.05, 0) is 50.0 Å². The highest BCUT2D eigenvalue weighted by molar-refractivity contribution is 5.65. The molecule has 2 aromatic heterocycles. The number of hydrogen-bond acceptors (Lipinski definition) is 6. The van der Waals surface area contributed by atoms with Crippen LogP contribution in [-0.2, 0) is 0 Å². The molecule has 0 amide bonds. The lowest BCUT2D eigenvalue weighted by Gasteiger charge is -2.32. The monoisotopic (exact) mass is 460 g/mol. The molecule has 0 radical (unpaired) electrons. The summed E-state index contributed by atoms with van der Waals surface area (Å²) in [5, 5.41) is 20.2. The summed E-state index contributed by atoms with van der Waals surface area (Å²) in [6.07, 6.45) is 10.3. The molecule has 7 heteroatoms. The Hall–Kier alpha value is -3.87. The summed E-state index contributed by atoms with van der Waals surface area (Å²) in [5.41, 5.74) is 6.86. The zero-order valence-corrected chi connectivity index (χ0v) is 20.7. The van der Waals surface area contributed by atoms with E-state index in [1.54, 1.807) is 6.07 Å². The van der Waals surface area contributed by atoms with Crippen molar-refractivity contribution in [3.05, 3.63) is 96.8 Å². The Balaban J connectivity index is 0.000000257. The number of fused-ring (bicyclic) bond motifs is 1. The fraction of sp³-hybridized carbons (Fsp3) is 0.296. The number of nitrogens with one attached hydrogen (secondary N) is 2. The molecule has 34 heavy (non-hydrogen) atoms. The van der Waals surface area contributed by atoms with Crippen molar-refractivity contribution in [2.45, 2.75) is 34.1 Å². The molecular formula is C27H36N6O. The summed E-state index contributed by atoms with van der Waals surface area (Å²) in [5.74, 6) is 0.799. The smallest absolute Gasteiger partial charge is 0.253 e. The molecule has 0 aliphatic heterocycles. The predicted octanol–water partition coefficient (Wildman–Crippen LogP) is 5.37. The molecule has 0 fully saturated rings. The van der Waals surface area contributed by atoms with Crippen molar-refractivity contribution in [2.24, 2.45) is 5.92 Å². The first-order valence-electron chi connectivity index (χ1n) is 11.3. The molecule has 0 saturated heterocycles. The molecule has 0 saturated carbocycles. The number of allylic oxidation sites excluding steroid dienone is 4. The molecule has 1 aliphatic carbocycles. The van der Waals surface area contributed by atoms with E-state index in [2.05, 4.69) is 78.0 Å². The Kier molecular flexibility index (Phi) is 9.62. The fourth-order valence-corrected chi connectivity index (χ4v) is 3.43. The van der Waals surface area contributed by atoms with Crippen LogP contribution >= 0.6 is 0 Å². The van der Waals surface area contributed by atoms with Gasteiger partial charge in [0.15, 0.2) is 0 Å². The summed E-state index contributed by atoms with van der Waals surface area (Å²) in [4.78, 5) is 8.36. The van der Waals surface area contributed by atoms with Gasteiger partial charge in [-0.3, -0.25) is 0 Å². The van der Waals surface area contributed by atoms with Crippen LogP contribution in [0, 0.1) is 5.92 Å². The summed E-state index contributed by atoms with van der Waals surface area (Å²) in [6, 6.07) is 1.68. The third-order valence-corrected chi connectivity index (χ3v) is 5.70. The van der Waals surface area contributed by atoms with E-state index in [-0.39, 0.29) is 5.76 Å². The third-order valence-electron chi connectivity index (χ3n) is 5.70. The first-order valence-corrected chi connectivity index (χ1v) is 11.3. The number of aromatic nitrogens is 4.